The molecular weight excluding hydrogens is 311 g/mol. The number of rotatable bonds is 1. The van der Waals surface area contributed by atoms with Gasteiger partial charge in [0, 0.05) is 0 Å². The van der Waals surface area contributed by atoms with Crippen molar-refractivity contribution in [3.63, 3.8) is 0 Å². The van der Waals surface area contributed by atoms with E-state index in [4.69, 9.17) is 23.2 Å². The molecule has 0 unspecified atom stereocenters. The third-order valence-electron chi connectivity index (χ3n) is 4.00. The van der Waals surface area contributed by atoms with E-state index >= 15 is 0 Å². The minimum Gasteiger partial charge on any atom is -0.0827 e. The lowest BCUT2D eigenvalue weighted by Crippen LogP contribution is -1.84. The van der Waals surface area contributed by atoms with Crippen LogP contribution in [0.15, 0.2) is 72.8 Å². The van der Waals surface area contributed by atoms with Crippen molar-refractivity contribution >= 4 is 44.7 Å². The molecule has 0 N–H and O–H groups in total. The highest BCUT2D eigenvalue weighted by Gasteiger charge is 2.09. The Kier molecular flexibility index (Phi) is 3.29. The number of benzene rings is 4. The summed E-state index contributed by atoms with van der Waals surface area (Å²) in [5.74, 6) is 0. The molecule has 0 spiro atoms. The minimum absolute atomic E-state index is 0.579. The molecular formula is C20H12Cl2. The van der Waals surface area contributed by atoms with Crippen molar-refractivity contribution in [1.29, 1.82) is 0 Å². The molecule has 0 aliphatic heterocycles. The zero-order chi connectivity index (χ0) is 15.1. The first-order valence-corrected chi connectivity index (χ1v) is 7.85. The molecule has 22 heavy (non-hydrogen) atoms. The average molecular weight is 323 g/mol. The summed E-state index contributed by atoms with van der Waals surface area (Å²) in [5, 5.41) is 6.12. The van der Waals surface area contributed by atoms with Gasteiger partial charge in [0.05, 0.1) is 10.0 Å². The van der Waals surface area contributed by atoms with Crippen molar-refractivity contribution in [2.24, 2.45) is 0 Å². The van der Waals surface area contributed by atoms with Crippen LogP contribution in [0.5, 0.6) is 0 Å². The van der Waals surface area contributed by atoms with Crippen molar-refractivity contribution in [2.45, 2.75) is 0 Å². The maximum atomic E-state index is 6.20. The highest BCUT2D eigenvalue weighted by atomic mass is 35.5. The highest BCUT2D eigenvalue weighted by Crippen LogP contribution is 2.36. The van der Waals surface area contributed by atoms with E-state index in [0.717, 1.165) is 5.56 Å². The molecule has 0 radical (unpaired) electrons. The Morgan fingerprint density at radius 2 is 1.23 bits per heavy atom. The van der Waals surface area contributed by atoms with Gasteiger partial charge in [-0.1, -0.05) is 77.8 Å². The summed E-state index contributed by atoms with van der Waals surface area (Å²) in [7, 11) is 0. The molecule has 4 rings (SSSR count). The molecule has 0 fully saturated rings. The Balaban J connectivity index is 2.13. The molecule has 0 aromatic heterocycles. The van der Waals surface area contributed by atoms with E-state index in [-0.39, 0.29) is 0 Å². The summed E-state index contributed by atoms with van der Waals surface area (Å²) in [4.78, 5) is 0. The van der Waals surface area contributed by atoms with Crippen LogP contribution in [0.3, 0.4) is 0 Å². The molecule has 106 valence electrons. The Labute approximate surface area is 138 Å². The van der Waals surface area contributed by atoms with Crippen molar-refractivity contribution in [3.8, 4) is 11.1 Å². The standard InChI is InChI=1S/C20H12Cl2/c21-19-10-9-14(12-20(19)22)18-11-13-5-1-2-6-15(13)16-7-3-4-8-17(16)18/h1-12H. The molecule has 0 heterocycles. The molecule has 0 amide bonds. The lowest BCUT2D eigenvalue weighted by molar-refractivity contribution is 1.66. The normalized spacial score (nSPS) is 11.2. The lowest BCUT2D eigenvalue weighted by atomic mass is 9.93. The molecule has 0 aliphatic carbocycles. The number of halogens is 2. The summed E-state index contributed by atoms with van der Waals surface area (Å²) in [6.07, 6.45) is 0. The summed E-state index contributed by atoms with van der Waals surface area (Å²) < 4.78 is 0. The highest BCUT2D eigenvalue weighted by molar-refractivity contribution is 6.42. The second kappa shape index (κ2) is 5.31. The summed E-state index contributed by atoms with van der Waals surface area (Å²) in [5.41, 5.74) is 2.25. The van der Waals surface area contributed by atoms with Gasteiger partial charge < -0.3 is 0 Å². The van der Waals surface area contributed by atoms with E-state index in [1.807, 2.05) is 18.2 Å². The van der Waals surface area contributed by atoms with Crippen LogP contribution in [0.4, 0.5) is 0 Å². The zero-order valence-corrected chi connectivity index (χ0v) is 13.2. The molecule has 0 atom stereocenters. The molecule has 2 heteroatoms. The van der Waals surface area contributed by atoms with Crippen molar-refractivity contribution in [3.05, 3.63) is 82.8 Å². The van der Waals surface area contributed by atoms with Crippen LogP contribution in [0.2, 0.25) is 10.0 Å². The predicted molar refractivity (Wildman–Crippen MR) is 96.9 cm³/mol. The number of hydrogen-bond acceptors (Lipinski definition) is 0. The number of hydrogen-bond donors (Lipinski definition) is 0. The van der Waals surface area contributed by atoms with Gasteiger partial charge in [-0.25, -0.2) is 0 Å². The van der Waals surface area contributed by atoms with E-state index in [0.29, 0.717) is 10.0 Å². The first-order chi connectivity index (χ1) is 10.7. The Morgan fingerprint density at radius 3 is 2.00 bits per heavy atom. The van der Waals surface area contributed by atoms with E-state index < -0.39 is 0 Å². The maximum absolute atomic E-state index is 6.20. The van der Waals surface area contributed by atoms with E-state index in [9.17, 15) is 0 Å². The zero-order valence-electron chi connectivity index (χ0n) is 11.7. The summed E-state index contributed by atoms with van der Waals surface area (Å²) in [6.45, 7) is 0. The SMILES string of the molecule is Clc1ccc(-c2cc3ccccc3c3ccccc23)cc1Cl. The van der Waals surface area contributed by atoms with Gasteiger partial charge in [0.1, 0.15) is 0 Å². The maximum Gasteiger partial charge on any atom is 0.0598 e. The van der Waals surface area contributed by atoms with Gasteiger partial charge in [-0.05, 0) is 50.9 Å². The third kappa shape index (κ3) is 2.16. The Morgan fingerprint density at radius 1 is 0.545 bits per heavy atom. The molecule has 4 aromatic carbocycles. The largest absolute Gasteiger partial charge is 0.0827 e. The minimum atomic E-state index is 0.579. The van der Waals surface area contributed by atoms with Crippen LogP contribution >= 0.6 is 23.2 Å². The van der Waals surface area contributed by atoms with Crippen LogP contribution in [0, 0.1) is 0 Å². The van der Waals surface area contributed by atoms with Crippen LogP contribution in [0.25, 0.3) is 32.7 Å². The second-order valence-electron chi connectivity index (χ2n) is 5.32. The van der Waals surface area contributed by atoms with Gasteiger partial charge in [0.25, 0.3) is 0 Å². The van der Waals surface area contributed by atoms with Crippen molar-refractivity contribution in [2.75, 3.05) is 0 Å². The molecule has 4 aromatic rings. The predicted octanol–water partition coefficient (Wildman–Crippen LogP) is 6.97. The summed E-state index contributed by atoms with van der Waals surface area (Å²) in [6, 6.07) is 24.9. The van der Waals surface area contributed by atoms with Gasteiger partial charge in [-0.2, -0.15) is 0 Å². The first kappa shape index (κ1) is 13.6. The van der Waals surface area contributed by atoms with Crippen LogP contribution < -0.4 is 0 Å². The van der Waals surface area contributed by atoms with Gasteiger partial charge in [-0.15, -0.1) is 0 Å². The first-order valence-electron chi connectivity index (χ1n) is 7.10. The van der Waals surface area contributed by atoms with Gasteiger partial charge in [0.15, 0.2) is 0 Å². The topological polar surface area (TPSA) is 0 Å². The smallest absolute Gasteiger partial charge is 0.0598 e. The lowest BCUT2D eigenvalue weighted by Gasteiger charge is -2.11. The third-order valence-corrected chi connectivity index (χ3v) is 4.74. The second-order valence-corrected chi connectivity index (χ2v) is 6.13. The fourth-order valence-electron chi connectivity index (χ4n) is 2.96. The van der Waals surface area contributed by atoms with E-state index in [1.54, 1.807) is 0 Å². The molecule has 0 bridgehead atoms. The van der Waals surface area contributed by atoms with Crippen LogP contribution in [-0.2, 0) is 0 Å². The Bertz CT molecular complexity index is 1000. The number of fused-ring (bicyclic) bond motifs is 3. The van der Waals surface area contributed by atoms with E-state index in [1.165, 1.54) is 27.1 Å². The fourth-order valence-corrected chi connectivity index (χ4v) is 3.25. The van der Waals surface area contributed by atoms with Gasteiger partial charge in [-0.3, -0.25) is 0 Å². The van der Waals surface area contributed by atoms with Crippen LogP contribution in [-0.4, -0.2) is 0 Å². The molecule has 0 saturated carbocycles. The van der Waals surface area contributed by atoms with Crippen LogP contribution in [0.1, 0.15) is 0 Å². The van der Waals surface area contributed by atoms with Crippen molar-refractivity contribution < 1.29 is 0 Å². The monoisotopic (exact) mass is 322 g/mol. The average Bonchev–Trinajstić information content (AvgIpc) is 2.57. The van der Waals surface area contributed by atoms with E-state index in [2.05, 4.69) is 54.6 Å². The molecule has 0 nitrogen and oxygen atoms in total. The quantitative estimate of drug-likeness (QED) is 0.332. The molecule has 0 saturated heterocycles. The van der Waals surface area contributed by atoms with Gasteiger partial charge in [0.2, 0.25) is 0 Å². The van der Waals surface area contributed by atoms with Gasteiger partial charge >= 0.3 is 0 Å². The fraction of sp³-hybridized carbons (Fsp3) is 0. The Hall–Kier alpha value is -2.02. The summed E-state index contributed by atoms with van der Waals surface area (Å²) >= 11 is 12.3. The van der Waals surface area contributed by atoms with Crippen molar-refractivity contribution in [1.82, 2.24) is 0 Å². The molecule has 0 aliphatic rings.